The molecule has 0 aromatic rings. The monoisotopic (exact) mass is 849 g/mol. The number of rotatable bonds is 38. The smallest absolute Gasteiger partial charge is 0.306 e. The predicted molar refractivity (Wildman–Crippen MR) is 252 cm³/mol. The van der Waals surface area contributed by atoms with Gasteiger partial charge in [-0.2, -0.15) is 28.8 Å². The molecule has 338 valence electrons. The molecule has 2 aliphatic carbocycles. The van der Waals surface area contributed by atoms with Crippen molar-refractivity contribution in [1.29, 1.82) is 5.26 Å². The molecule has 0 aliphatic heterocycles. The SMILES string of the molecule is CCCCCCC(CSCCCCCC(CCCCCSCC(CCCCCC)OC(=O)CCC1CCCCC1)N(C)CCCC#N)OC(=O)CCC1CCCCC1. The van der Waals surface area contributed by atoms with Gasteiger partial charge in [0.25, 0.3) is 0 Å². The molecule has 2 fully saturated rings. The van der Waals surface area contributed by atoms with Crippen molar-refractivity contribution in [3.05, 3.63) is 0 Å². The lowest BCUT2D eigenvalue weighted by Gasteiger charge is -2.28. The average molecular weight is 849 g/mol. The molecule has 58 heavy (non-hydrogen) atoms. The molecular weight excluding hydrogens is 757 g/mol. The second kappa shape index (κ2) is 37.8. The summed E-state index contributed by atoms with van der Waals surface area (Å²) in [5.74, 6) is 5.70. The van der Waals surface area contributed by atoms with E-state index in [1.807, 2.05) is 23.5 Å². The molecule has 0 aromatic carbocycles. The number of hydrogen-bond acceptors (Lipinski definition) is 8. The molecule has 0 aromatic heterocycles. The highest BCUT2D eigenvalue weighted by Gasteiger charge is 2.21. The zero-order valence-electron chi connectivity index (χ0n) is 38.3. The quantitative estimate of drug-likeness (QED) is 0.0449. The van der Waals surface area contributed by atoms with Gasteiger partial charge >= 0.3 is 11.9 Å². The number of esters is 2. The van der Waals surface area contributed by atoms with Crippen molar-refractivity contribution in [3.63, 3.8) is 0 Å². The molecule has 2 unspecified atom stereocenters. The summed E-state index contributed by atoms with van der Waals surface area (Å²) in [5, 5.41) is 9.11. The molecule has 0 saturated heterocycles. The van der Waals surface area contributed by atoms with E-state index in [1.165, 1.54) is 154 Å². The van der Waals surface area contributed by atoms with Crippen molar-refractivity contribution in [2.45, 2.75) is 250 Å². The first-order chi connectivity index (χ1) is 28.4. The summed E-state index contributed by atoms with van der Waals surface area (Å²) in [6.45, 7) is 5.51. The van der Waals surface area contributed by atoms with E-state index in [1.54, 1.807) is 0 Å². The third-order valence-corrected chi connectivity index (χ3v) is 15.4. The zero-order valence-corrected chi connectivity index (χ0v) is 39.9. The molecule has 0 amide bonds. The van der Waals surface area contributed by atoms with Crippen LogP contribution in [-0.2, 0) is 19.1 Å². The predicted octanol–water partition coefficient (Wildman–Crippen LogP) is 14.7. The highest BCUT2D eigenvalue weighted by atomic mass is 32.2. The number of carbonyl (C=O) groups excluding carboxylic acids is 2. The van der Waals surface area contributed by atoms with Crippen LogP contribution in [0.2, 0.25) is 0 Å². The van der Waals surface area contributed by atoms with Crippen LogP contribution in [0.15, 0.2) is 0 Å². The van der Waals surface area contributed by atoms with Crippen molar-refractivity contribution in [2.24, 2.45) is 11.8 Å². The molecule has 0 N–H and O–H groups in total. The average Bonchev–Trinajstić information content (AvgIpc) is 3.24. The van der Waals surface area contributed by atoms with Crippen molar-refractivity contribution in [1.82, 2.24) is 4.90 Å². The van der Waals surface area contributed by atoms with E-state index in [0.29, 0.717) is 25.3 Å². The van der Waals surface area contributed by atoms with Crippen LogP contribution in [0.3, 0.4) is 0 Å². The Morgan fingerprint density at radius 3 is 1.47 bits per heavy atom. The van der Waals surface area contributed by atoms with Gasteiger partial charge in [0, 0.05) is 36.8 Å². The van der Waals surface area contributed by atoms with E-state index in [0.717, 1.165) is 86.3 Å². The maximum Gasteiger partial charge on any atom is 0.306 e. The number of nitriles is 1. The van der Waals surface area contributed by atoms with Gasteiger partial charge in [0.05, 0.1) is 6.07 Å². The number of nitrogens with zero attached hydrogens (tertiary/aromatic N) is 2. The van der Waals surface area contributed by atoms with Crippen LogP contribution in [0.4, 0.5) is 0 Å². The van der Waals surface area contributed by atoms with Crippen LogP contribution in [0.5, 0.6) is 0 Å². The summed E-state index contributed by atoms with van der Waals surface area (Å²) >= 11 is 3.98. The summed E-state index contributed by atoms with van der Waals surface area (Å²) in [6, 6.07) is 2.91. The lowest BCUT2D eigenvalue weighted by molar-refractivity contribution is -0.149. The molecule has 6 nitrogen and oxygen atoms in total. The van der Waals surface area contributed by atoms with Crippen molar-refractivity contribution >= 4 is 35.5 Å². The van der Waals surface area contributed by atoms with E-state index in [-0.39, 0.29) is 24.1 Å². The van der Waals surface area contributed by atoms with Gasteiger partial charge in [-0.3, -0.25) is 9.59 Å². The highest BCUT2D eigenvalue weighted by Crippen LogP contribution is 2.29. The Labute approximate surface area is 368 Å². The lowest BCUT2D eigenvalue weighted by atomic mass is 9.86. The molecule has 2 atom stereocenters. The Balaban J connectivity index is 1.67. The number of hydrogen-bond donors (Lipinski definition) is 0. The first kappa shape index (κ1) is 53.2. The standard InChI is InChI=1S/C50H92N2O4S2/c1-4-6-8-20-32-47(55-49(53)36-34-44-26-14-10-15-27-44)42-57-40-24-12-18-30-46(52(3)39-23-22-38-51)31-19-13-25-41-58-43-48(33-21-9-7-5-2)56-50(54)37-35-45-28-16-11-17-29-45/h44-48H,4-37,39-43H2,1-3H3. The van der Waals surface area contributed by atoms with Crippen molar-refractivity contribution in [3.8, 4) is 6.07 Å². The summed E-state index contributed by atoms with van der Waals surface area (Å²) < 4.78 is 12.2. The normalized spacial score (nSPS) is 16.9. The largest absolute Gasteiger partial charge is 0.461 e. The van der Waals surface area contributed by atoms with Crippen molar-refractivity contribution < 1.29 is 19.1 Å². The summed E-state index contributed by atoms with van der Waals surface area (Å²) in [5.41, 5.74) is 0. The molecule has 8 heteroatoms. The van der Waals surface area contributed by atoms with Gasteiger partial charge in [-0.05, 0) is 108 Å². The Hall–Kier alpha value is -0.910. The summed E-state index contributed by atoms with van der Waals surface area (Å²) in [4.78, 5) is 28.1. The molecular formula is C50H92N2O4S2. The minimum absolute atomic E-state index is 0.0369. The van der Waals surface area contributed by atoms with E-state index in [2.05, 4.69) is 31.9 Å². The third-order valence-electron chi connectivity index (χ3n) is 13.0. The van der Waals surface area contributed by atoms with Gasteiger partial charge in [0.1, 0.15) is 12.2 Å². The molecule has 0 radical (unpaired) electrons. The second-order valence-corrected chi connectivity index (χ2v) is 20.6. The Morgan fingerprint density at radius 1 is 0.603 bits per heavy atom. The van der Waals surface area contributed by atoms with Gasteiger partial charge in [-0.25, -0.2) is 0 Å². The van der Waals surface area contributed by atoms with Crippen molar-refractivity contribution in [2.75, 3.05) is 36.6 Å². The fraction of sp³-hybridized carbons (Fsp3) is 0.940. The van der Waals surface area contributed by atoms with E-state index >= 15 is 0 Å². The number of ether oxygens (including phenoxy) is 2. The first-order valence-corrected chi connectivity index (χ1v) is 27.4. The molecule has 2 saturated carbocycles. The minimum atomic E-state index is 0.0369. The van der Waals surface area contributed by atoms with Crippen LogP contribution >= 0.6 is 23.5 Å². The Bertz CT molecular complexity index is 946. The maximum atomic E-state index is 12.8. The van der Waals surface area contributed by atoms with Gasteiger partial charge in [0.2, 0.25) is 0 Å². The van der Waals surface area contributed by atoms with Crippen LogP contribution < -0.4 is 0 Å². The van der Waals surface area contributed by atoms with Crippen LogP contribution in [0.1, 0.15) is 232 Å². The third kappa shape index (κ3) is 29.4. The molecule has 0 heterocycles. The molecule has 2 rings (SSSR count). The van der Waals surface area contributed by atoms with E-state index in [9.17, 15) is 9.59 Å². The zero-order chi connectivity index (χ0) is 41.7. The number of thioether (sulfide) groups is 2. The van der Waals surface area contributed by atoms with E-state index < -0.39 is 0 Å². The van der Waals surface area contributed by atoms with Gasteiger partial charge in [-0.15, -0.1) is 0 Å². The lowest BCUT2D eigenvalue weighted by Crippen LogP contribution is -2.32. The van der Waals surface area contributed by atoms with Gasteiger partial charge in [0.15, 0.2) is 0 Å². The summed E-state index contributed by atoms with van der Waals surface area (Å²) in [6.07, 6.45) is 39.9. The topological polar surface area (TPSA) is 79.6 Å². The van der Waals surface area contributed by atoms with Crippen LogP contribution in [0.25, 0.3) is 0 Å². The first-order valence-electron chi connectivity index (χ1n) is 25.1. The fourth-order valence-corrected chi connectivity index (χ4v) is 11.3. The minimum Gasteiger partial charge on any atom is -0.461 e. The van der Waals surface area contributed by atoms with E-state index in [4.69, 9.17) is 14.7 Å². The highest BCUT2D eigenvalue weighted by molar-refractivity contribution is 7.99. The Morgan fingerprint density at radius 2 is 1.03 bits per heavy atom. The van der Waals surface area contributed by atoms with Gasteiger partial charge < -0.3 is 14.4 Å². The second-order valence-electron chi connectivity index (χ2n) is 18.3. The number of carbonyl (C=O) groups is 2. The summed E-state index contributed by atoms with van der Waals surface area (Å²) in [7, 11) is 2.27. The fourth-order valence-electron chi connectivity index (χ4n) is 9.16. The maximum absolute atomic E-state index is 12.8. The molecule has 2 aliphatic rings. The van der Waals surface area contributed by atoms with Crippen LogP contribution in [0, 0.1) is 23.2 Å². The molecule has 0 spiro atoms. The van der Waals surface area contributed by atoms with Crippen LogP contribution in [-0.4, -0.2) is 71.7 Å². The molecule has 0 bridgehead atoms. The van der Waals surface area contributed by atoms with Gasteiger partial charge in [-0.1, -0.05) is 142 Å². The Kier molecular flexibility index (Phi) is 34.7. The number of unbranched alkanes of at least 4 members (excludes halogenated alkanes) is 11.